The van der Waals surface area contributed by atoms with E-state index in [1.165, 1.54) is 7.11 Å². The second-order valence-corrected chi connectivity index (χ2v) is 7.56. The molecule has 4 heterocycles. The summed E-state index contributed by atoms with van der Waals surface area (Å²) >= 11 is 0. The van der Waals surface area contributed by atoms with Crippen LogP contribution in [0, 0.1) is 0 Å². The Morgan fingerprint density at radius 1 is 1.38 bits per heavy atom. The van der Waals surface area contributed by atoms with Crippen molar-refractivity contribution in [2.24, 2.45) is 0 Å². The number of piperidine rings is 1. The van der Waals surface area contributed by atoms with Crippen molar-refractivity contribution in [2.45, 2.75) is 38.1 Å². The largest absolute Gasteiger partial charge is 0.495 e. The summed E-state index contributed by atoms with van der Waals surface area (Å²) in [6.07, 6.45) is 2.74. The minimum absolute atomic E-state index is 0.338. The van der Waals surface area contributed by atoms with Crippen LogP contribution in [0.1, 0.15) is 26.0 Å². The van der Waals surface area contributed by atoms with E-state index < -0.39 is 11.8 Å². The number of anilines is 1. The molecule has 3 aromatic heterocycles. The Balaban J connectivity index is 1.71. The Labute approximate surface area is 167 Å². The SMILES string of the molecule is COc1cc2ncc(-c3ccnc(NC4CNCCC4F)n3)n2nc1C(C)(C)O. The van der Waals surface area contributed by atoms with Gasteiger partial charge in [0.05, 0.1) is 25.0 Å². The number of aromatic nitrogens is 5. The van der Waals surface area contributed by atoms with Crippen LogP contribution in [0.3, 0.4) is 0 Å². The van der Waals surface area contributed by atoms with Crippen LogP contribution in [-0.2, 0) is 5.60 Å². The van der Waals surface area contributed by atoms with Gasteiger partial charge in [0.25, 0.3) is 0 Å². The molecule has 0 aliphatic carbocycles. The van der Waals surface area contributed by atoms with Gasteiger partial charge >= 0.3 is 0 Å². The third-order valence-electron chi connectivity index (χ3n) is 4.89. The molecule has 0 spiro atoms. The predicted octanol–water partition coefficient (Wildman–Crippen LogP) is 1.53. The van der Waals surface area contributed by atoms with Crippen molar-refractivity contribution in [2.75, 3.05) is 25.5 Å². The van der Waals surface area contributed by atoms with Crippen LogP contribution in [0.4, 0.5) is 10.3 Å². The topological polar surface area (TPSA) is 109 Å². The van der Waals surface area contributed by atoms with Gasteiger partial charge in [-0.15, -0.1) is 0 Å². The molecule has 3 aromatic rings. The van der Waals surface area contributed by atoms with E-state index >= 15 is 0 Å². The maximum atomic E-state index is 14.1. The van der Waals surface area contributed by atoms with Crippen molar-refractivity contribution in [3.8, 4) is 17.1 Å². The first kappa shape index (κ1) is 19.5. The summed E-state index contributed by atoms with van der Waals surface area (Å²) in [5.41, 5.74) is 0.931. The van der Waals surface area contributed by atoms with Crippen molar-refractivity contribution in [3.63, 3.8) is 0 Å². The third-order valence-corrected chi connectivity index (χ3v) is 4.89. The normalized spacial score (nSPS) is 20.0. The fourth-order valence-corrected chi connectivity index (χ4v) is 3.36. The van der Waals surface area contributed by atoms with Crippen LogP contribution in [0.5, 0.6) is 5.75 Å². The lowest BCUT2D eigenvalue weighted by atomic mass is 10.0. The van der Waals surface area contributed by atoms with Gasteiger partial charge in [-0.2, -0.15) is 5.10 Å². The molecule has 0 radical (unpaired) electrons. The van der Waals surface area contributed by atoms with Gasteiger partial charge in [-0.3, -0.25) is 0 Å². The zero-order valence-electron chi connectivity index (χ0n) is 16.6. The molecular formula is C19H24FN7O2. The van der Waals surface area contributed by atoms with Gasteiger partial charge in [0.2, 0.25) is 5.95 Å². The molecule has 0 amide bonds. The van der Waals surface area contributed by atoms with Crippen LogP contribution < -0.4 is 15.4 Å². The smallest absolute Gasteiger partial charge is 0.223 e. The average Bonchev–Trinajstić information content (AvgIpc) is 3.11. The summed E-state index contributed by atoms with van der Waals surface area (Å²) < 4.78 is 21.1. The molecule has 2 atom stereocenters. The van der Waals surface area contributed by atoms with E-state index in [1.54, 1.807) is 42.9 Å². The molecule has 1 aliphatic rings. The Morgan fingerprint density at radius 2 is 2.21 bits per heavy atom. The fourth-order valence-electron chi connectivity index (χ4n) is 3.36. The summed E-state index contributed by atoms with van der Waals surface area (Å²) in [4.78, 5) is 13.1. The number of methoxy groups -OCH3 is 1. The van der Waals surface area contributed by atoms with Crippen LogP contribution in [0.15, 0.2) is 24.5 Å². The standard InChI is InChI=1S/C19H24FN7O2/c1-19(2,28)17-15(29-3)8-16-23-10-14(27(16)26-17)12-5-7-22-18(24-12)25-13-9-21-6-4-11(13)20/h5,7-8,10-11,13,21,28H,4,6,9H2,1-3H3,(H,22,24,25). The molecular weight excluding hydrogens is 377 g/mol. The molecule has 4 rings (SSSR count). The van der Waals surface area contributed by atoms with Crippen LogP contribution >= 0.6 is 0 Å². The van der Waals surface area contributed by atoms with E-state index in [0.717, 1.165) is 0 Å². The van der Waals surface area contributed by atoms with Gasteiger partial charge in [-0.1, -0.05) is 0 Å². The molecule has 3 N–H and O–H groups in total. The quantitative estimate of drug-likeness (QED) is 0.591. The highest BCUT2D eigenvalue weighted by atomic mass is 19.1. The van der Waals surface area contributed by atoms with E-state index in [0.29, 0.717) is 53.9 Å². The molecule has 0 saturated carbocycles. The van der Waals surface area contributed by atoms with Crippen LogP contribution in [-0.4, -0.2) is 62.1 Å². The lowest BCUT2D eigenvalue weighted by Crippen LogP contribution is -2.46. The van der Waals surface area contributed by atoms with Gasteiger partial charge in [-0.05, 0) is 32.9 Å². The molecule has 0 bridgehead atoms. The van der Waals surface area contributed by atoms with Gasteiger partial charge in [-0.25, -0.2) is 23.9 Å². The van der Waals surface area contributed by atoms with Gasteiger partial charge in [0.15, 0.2) is 5.65 Å². The number of rotatable bonds is 5. The number of fused-ring (bicyclic) bond motifs is 1. The summed E-state index contributed by atoms with van der Waals surface area (Å²) in [5.74, 6) is 0.788. The summed E-state index contributed by atoms with van der Waals surface area (Å²) in [5, 5.41) is 21.2. The number of aliphatic hydroxyl groups is 1. The van der Waals surface area contributed by atoms with E-state index in [1.807, 2.05) is 0 Å². The number of nitrogens with one attached hydrogen (secondary N) is 2. The molecule has 1 aliphatic heterocycles. The number of ether oxygens (including phenoxy) is 1. The lowest BCUT2D eigenvalue weighted by Gasteiger charge is -2.27. The summed E-state index contributed by atoms with van der Waals surface area (Å²) in [6, 6.07) is 3.06. The molecule has 10 heteroatoms. The van der Waals surface area contributed by atoms with Gasteiger partial charge in [0.1, 0.15) is 28.9 Å². The Kier molecular flexibility index (Phi) is 5.05. The minimum atomic E-state index is -1.20. The average molecular weight is 401 g/mol. The third kappa shape index (κ3) is 3.85. The van der Waals surface area contributed by atoms with Crippen molar-refractivity contribution in [1.29, 1.82) is 0 Å². The highest BCUT2D eigenvalue weighted by molar-refractivity contribution is 5.61. The number of nitrogens with zero attached hydrogens (tertiary/aromatic N) is 5. The molecule has 0 aromatic carbocycles. The number of hydrogen-bond acceptors (Lipinski definition) is 8. The summed E-state index contributed by atoms with van der Waals surface area (Å²) in [6.45, 7) is 4.46. The highest BCUT2D eigenvalue weighted by Gasteiger charge is 2.27. The maximum Gasteiger partial charge on any atom is 0.223 e. The number of imidazole rings is 1. The van der Waals surface area contributed by atoms with Crippen LogP contribution in [0.2, 0.25) is 0 Å². The highest BCUT2D eigenvalue weighted by Crippen LogP contribution is 2.30. The molecule has 29 heavy (non-hydrogen) atoms. The Morgan fingerprint density at radius 3 is 2.93 bits per heavy atom. The second kappa shape index (κ2) is 7.53. The molecule has 154 valence electrons. The molecule has 9 nitrogen and oxygen atoms in total. The van der Waals surface area contributed by atoms with Gasteiger partial charge in [0, 0.05) is 18.8 Å². The van der Waals surface area contributed by atoms with Crippen LogP contribution in [0.25, 0.3) is 17.0 Å². The lowest BCUT2D eigenvalue weighted by molar-refractivity contribution is 0.0694. The van der Waals surface area contributed by atoms with E-state index in [2.05, 4.69) is 30.7 Å². The first-order valence-electron chi connectivity index (χ1n) is 9.47. The monoisotopic (exact) mass is 401 g/mol. The summed E-state index contributed by atoms with van der Waals surface area (Å²) in [7, 11) is 1.52. The minimum Gasteiger partial charge on any atom is -0.495 e. The zero-order chi connectivity index (χ0) is 20.6. The zero-order valence-corrected chi connectivity index (χ0v) is 16.6. The Bertz CT molecular complexity index is 1020. The number of hydrogen-bond donors (Lipinski definition) is 3. The van der Waals surface area contributed by atoms with Crippen molar-refractivity contribution < 1.29 is 14.2 Å². The second-order valence-electron chi connectivity index (χ2n) is 7.56. The fraction of sp³-hybridized carbons (Fsp3) is 0.474. The molecule has 1 fully saturated rings. The van der Waals surface area contributed by atoms with Gasteiger partial charge < -0.3 is 20.5 Å². The first-order chi connectivity index (χ1) is 13.9. The van der Waals surface area contributed by atoms with Crippen molar-refractivity contribution >= 4 is 11.6 Å². The van der Waals surface area contributed by atoms with Crippen molar-refractivity contribution in [1.82, 2.24) is 29.9 Å². The van der Waals surface area contributed by atoms with E-state index in [-0.39, 0.29) is 6.04 Å². The molecule has 1 saturated heterocycles. The van der Waals surface area contributed by atoms with E-state index in [4.69, 9.17) is 4.74 Å². The number of halogens is 1. The maximum absolute atomic E-state index is 14.1. The first-order valence-corrected chi connectivity index (χ1v) is 9.47. The Hall–Kier alpha value is -2.85. The number of alkyl halides is 1. The predicted molar refractivity (Wildman–Crippen MR) is 106 cm³/mol. The van der Waals surface area contributed by atoms with Crippen molar-refractivity contribution in [3.05, 3.63) is 30.2 Å². The molecule has 2 unspecified atom stereocenters. The van der Waals surface area contributed by atoms with E-state index in [9.17, 15) is 9.50 Å².